The highest BCUT2D eigenvalue weighted by molar-refractivity contribution is 6.21. The topological polar surface area (TPSA) is 0 Å². The van der Waals surface area contributed by atoms with Crippen molar-refractivity contribution >= 4 is 7.85 Å². The molecular weight excluding hydrogens is 70.9 g/mol. The molecule has 0 saturated carbocycles. The predicted molar refractivity (Wildman–Crippen MR) is 32.5 cm³/mol. The standard InChI is InChI=1S/C5H9B/c1-3-4-5(2)6/h3H,1-2,4,6H2. The van der Waals surface area contributed by atoms with Crippen LogP contribution in [0.25, 0.3) is 0 Å². The Labute approximate surface area is 40.0 Å². The second-order valence-corrected chi connectivity index (χ2v) is 1.45. The lowest BCUT2D eigenvalue weighted by atomic mass is 9.95. The van der Waals surface area contributed by atoms with E-state index in [-0.39, 0.29) is 0 Å². The zero-order valence-corrected chi connectivity index (χ0v) is 4.20. The molecule has 0 nitrogen and oxygen atoms in total. The third-order valence-corrected chi connectivity index (χ3v) is 0.493. The van der Waals surface area contributed by atoms with Crippen molar-refractivity contribution in [2.45, 2.75) is 6.42 Å². The summed E-state index contributed by atoms with van der Waals surface area (Å²) in [4.78, 5) is 0. The lowest BCUT2D eigenvalue weighted by molar-refractivity contribution is 1.38. The first-order chi connectivity index (χ1) is 2.77. The molecule has 0 bridgehead atoms. The molecule has 0 aromatic heterocycles. The Bertz CT molecular complexity index is 64.3. The SMILES string of the molecule is BC(=C)CC=C. The normalized spacial score (nSPS) is 7.33. The molecule has 0 aliphatic rings. The summed E-state index contributed by atoms with van der Waals surface area (Å²) in [5.41, 5.74) is 1.17. The van der Waals surface area contributed by atoms with Crippen LogP contribution in [0.4, 0.5) is 0 Å². The molecular formula is C5H9B. The van der Waals surface area contributed by atoms with Gasteiger partial charge in [-0.3, -0.25) is 0 Å². The van der Waals surface area contributed by atoms with E-state index in [0.717, 1.165) is 6.42 Å². The summed E-state index contributed by atoms with van der Waals surface area (Å²) in [6.07, 6.45) is 2.79. The minimum Gasteiger partial charge on any atom is -0.113 e. The van der Waals surface area contributed by atoms with Gasteiger partial charge in [-0.25, -0.2) is 0 Å². The van der Waals surface area contributed by atoms with Crippen LogP contribution in [0.3, 0.4) is 0 Å². The highest BCUT2D eigenvalue weighted by atomic mass is 13.7. The molecule has 0 aliphatic heterocycles. The lowest BCUT2D eigenvalue weighted by Crippen LogP contribution is -1.70. The van der Waals surface area contributed by atoms with Gasteiger partial charge in [0.1, 0.15) is 7.85 Å². The van der Waals surface area contributed by atoms with E-state index in [1.54, 1.807) is 0 Å². The average Bonchev–Trinajstić information content (AvgIpc) is 1.35. The van der Waals surface area contributed by atoms with Gasteiger partial charge in [-0.15, -0.1) is 18.6 Å². The molecule has 0 radical (unpaired) electrons. The van der Waals surface area contributed by atoms with E-state index in [9.17, 15) is 0 Å². The van der Waals surface area contributed by atoms with Crippen molar-refractivity contribution in [1.82, 2.24) is 0 Å². The first kappa shape index (κ1) is 5.54. The van der Waals surface area contributed by atoms with Crippen LogP contribution in [0.1, 0.15) is 6.42 Å². The Morgan fingerprint density at radius 1 is 1.83 bits per heavy atom. The van der Waals surface area contributed by atoms with Gasteiger partial charge in [0, 0.05) is 0 Å². The molecule has 0 aromatic carbocycles. The fourth-order valence-corrected chi connectivity index (χ4v) is 0.246. The van der Waals surface area contributed by atoms with Crippen molar-refractivity contribution in [2.24, 2.45) is 0 Å². The third-order valence-electron chi connectivity index (χ3n) is 0.493. The molecule has 0 aliphatic carbocycles. The smallest absolute Gasteiger partial charge is 0.113 e. The van der Waals surface area contributed by atoms with E-state index in [2.05, 4.69) is 13.2 Å². The Hall–Kier alpha value is -0.455. The van der Waals surface area contributed by atoms with Crippen molar-refractivity contribution in [3.8, 4) is 0 Å². The predicted octanol–water partition coefficient (Wildman–Crippen LogP) is 0.709. The van der Waals surface area contributed by atoms with Gasteiger partial charge in [0.15, 0.2) is 0 Å². The summed E-state index contributed by atoms with van der Waals surface area (Å²) in [7, 11) is 1.99. The van der Waals surface area contributed by atoms with E-state index in [4.69, 9.17) is 0 Å². The molecule has 0 heterocycles. The number of hydrogen-bond donors (Lipinski definition) is 0. The maximum absolute atomic E-state index is 3.67. The van der Waals surface area contributed by atoms with Crippen LogP contribution in [0.5, 0.6) is 0 Å². The first-order valence-corrected chi connectivity index (χ1v) is 2.02. The van der Waals surface area contributed by atoms with Gasteiger partial charge in [0.05, 0.1) is 0 Å². The summed E-state index contributed by atoms with van der Waals surface area (Å²) < 4.78 is 0. The van der Waals surface area contributed by atoms with E-state index in [0.29, 0.717) is 0 Å². The molecule has 0 N–H and O–H groups in total. The highest BCUT2D eigenvalue weighted by Gasteiger charge is 1.72. The number of rotatable bonds is 2. The average molecular weight is 79.9 g/mol. The number of allylic oxidation sites excluding steroid dienone is 2. The van der Waals surface area contributed by atoms with Gasteiger partial charge in [0.25, 0.3) is 0 Å². The first-order valence-electron chi connectivity index (χ1n) is 2.02. The summed E-state index contributed by atoms with van der Waals surface area (Å²) in [6.45, 7) is 7.21. The molecule has 1 heteroatoms. The zero-order chi connectivity index (χ0) is 4.99. The Balaban J connectivity index is 3.05. The molecule has 0 spiro atoms. The molecule has 0 unspecified atom stereocenters. The Kier molecular flexibility index (Phi) is 2.56. The maximum Gasteiger partial charge on any atom is 0.133 e. The van der Waals surface area contributed by atoms with Crippen molar-refractivity contribution in [2.75, 3.05) is 0 Å². The van der Waals surface area contributed by atoms with Gasteiger partial charge < -0.3 is 0 Å². The molecule has 0 aromatic rings. The second-order valence-electron chi connectivity index (χ2n) is 1.45. The molecule has 32 valence electrons. The van der Waals surface area contributed by atoms with Crippen LogP contribution in [0, 0.1) is 0 Å². The third kappa shape index (κ3) is 3.54. The fraction of sp³-hybridized carbons (Fsp3) is 0.200. The van der Waals surface area contributed by atoms with Crippen LogP contribution >= 0.6 is 0 Å². The van der Waals surface area contributed by atoms with Crippen LogP contribution < -0.4 is 0 Å². The van der Waals surface area contributed by atoms with Gasteiger partial charge in [-0.05, 0) is 6.42 Å². The van der Waals surface area contributed by atoms with E-state index in [1.165, 1.54) is 5.47 Å². The summed E-state index contributed by atoms with van der Waals surface area (Å²) in [5.74, 6) is 0. The molecule has 0 rings (SSSR count). The molecule has 0 atom stereocenters. The van der Waals surface area contributed by atoms with Crippen LogP contribution in [-0.2, 0) is 0 Å². The molecule has 0 fully saturated rings. The Morgan fingerprint density at radius 3 is 2.33 bits per heavy atom. The number of hydrogen-bond acceptors (Lipinski definition) is 0. The summed E-state index contributed by atoms with van der Waals surface area (Å²) in [5, 5.41) is 0. The van der Waals surface area contributed by atoms with Crippen LogP contribution in [-0.4, -0.2) is 7.85 Å². The summed E-state index contributed by atoms with van der Waals surface area (Å²) >= 11 is 0. The van der Waals surface area contributed by atoms with E-state index in [1.807, 2.05) is 13.9 Å². The quantitative estimate of drug-likeness (QED) is 0.338. The van der Waals surface area contributed by atoms with Crippen molar-refractivity contribution in [3.63, 3.8) is 0 Å². The molecule has 6 heavy (non-hydrogen) atoms. The fourth-order valence-electron chi connectivity index (χ4n) is 0.246. The summed E-state index contributed by atoms with van der Waals surface area (Å²) in [6, 6.07) is 0. The maximum atomic E-state index is 3.67. The van der Waals surface area contributed by atoms with Gasteiger partial charge in [0.2, 0.25) is 0 Å². The van der Waals surface area contributed by atoms with Crippen molar-refractivity contribution < 1.29 is 0 Å². The van der Waals surface area contributed by atoms with Crippen molar-refractivity contribution in [3.05, 3.63) is 24.7 Å². The molecule has 0 amide bonds. The largest absolute Gasteiger partial charge is 0.133 e. The van der Waals surface area contributed by atoms with Crippen molar-refractivity contribution in [1.29, 1.82) is 0 Å². The van der Waals surface area contributed by atoms with Crippen LogP contribution in [0.15, 0.2) is 24.7 Å². The van der Waals surface area contributed by atoms with Gasteiger partial charge >= 0.3 is 0 Å². The Morgan fingerprint density at radius 2 is 2.33 bits per heavy atom. The minimum atomic E-state index is 0.944. The van der Waals surface area contributed by atoms with E-state index < -0.39 is 0 Å². The second kappa shape index (κ2) is 2.76. The monoisotopic (exact) mass is 80.1 g/mol. The zero-order valence-electron chi connectivity index (χ0n) is 4.20. The van der Waals surface area contributed by atoms with Crippen LogP contribution in [0.2, 0.25) is 0 Å². The molecule has 0 saturated heterocycles. The van der Waals surface area contributed by atoms with Gasteiger partial charge in [-0.2, -0.15) is 0 Å². The van der Waals surface area contributed by atoms with Gasteiger partial charge in [-0.1, -0.05) is 6.08 Å². The van der Waals surface area contributed by atoms with E-state index >= 15 is 0 Å². The highest BCUT2D eigenvalue weighted by Crippen LogP contribution is 1.87. The lowest BCUT2D eigenvalue weighted by Gasteiger charge is -1.82. The minimum absolute atomic E-state index is 0.944.